The molecule has 164 valence electrons. The topological polar surface area (TPSA) is 84.0 Å². The molecule has 1 amide bonds. The van der Waals surface area contributed by atoms with Crippen LogP contribution >= 0.6 is 24.0 Å². The maximum absolute atomic E-state index is 11.8. The highest BCUT2D eigenvalue weighted by molar-refractivity contribution is 14.0. The van der Waals surface area contributed by atoms with Crippen LogP contribution in [-0.2, 0) is 17.9 Å². The number of aliphatic imine (C=N–C) groups is 1. The number of anilines is 1. The number of amides is 1. The molecule has 0 radical (unpaired) electrons. The lowest BCUT2D eigenvalue weighted by Crippen LogP contribution is -2.36. The van der Waals surface area contributed by atoms with Gasteiger partial charge in [-0.1, -0.05) is 19.1 Å². The van der Waals surface area contributed by atoms with E-state index in [0.29, 0.717) is 25.5 Å². The summed E-state index contributed by atoms with van der Waals surface area (Å²) in [4.78, 5) is 16.0. The van der Waals surface area contributed by atoms with E-state index < -0.39 is 0 Å². The number of benzene rings is 2. The smallest absolute Gasteiger partial charge is 0.224 e. The molecule has 0 aliphatic carbocycles. The highest BCUT2D eigenvalue weighted by Crippen LogP contribution is 2.24. The van der Waals surface area contributed by atoms with Gasteiger partial charge in [-0.15, -0.1) is 24.0 Å². The van der Waals surface area contributed by atoms with Crippen molar-refractivity contribution in [2.45, 2.75) is 32.9 Å². The molecule has 0 heterocycles. The van der Waals surface area contributed by atoms with Crippen LogP contribution in [0.25, 0.3) is 0 Å². The normalized spacial score (nSPS) is 10.6. The predicted molar refractivity (Wildman–Crippen MR) is 132 cm³/mol. The van der Waals surface area contributed by atoms with E-state index in [2.05, 4.69) is 20.9 Å². The van der Waals surface area contributed by atoms with Gasteiger partial charge in [0.2, 0.25) is 5.91 Å². The largest absolute Gasteiger partial charge is 0.497 e. The molecular weight excluding hydrogens is 495 g/mol. The van der Waals surface area contributed by atoms with Gasteiger partial charge < -0.3 is 25.4 Å². The van der Waals surface area contributed by atoms with Gasteiger partial charge in [-0.3, -0.25) is 9.79 Å². The molecule has 0 unspecified atom stereocenters. The molecule has 0 atom stereocenters. The third kappa shape index (κ3) is 8.10. The highest BCUT2D eigenvalue weighted by Gasteiger charge is 2.07. The maximum atomic E-state index is 11.8. The maximum Gasteiger partial charge on any atom is 0.224 e. The van der Waals surface area contributed by atoms with E-state index in [-0.39, 0.29) is 29.9 Å². The predicted octanol–water partition coefficient (Wildman–Crippen LogP) is 3.93. The van der Waals surface area contributed by atoms with Crippen molar-refractivity contribution in [2.24, 2.45) is 4.99 Å². The van der Waals surface area contributed by atoms with Gasteiger partial charge in [0.05, 0.1) is 14.2 Å². The molecule has 0 spiro atoms. The first-order chi connectivity index (χ1) is 14.1. The minimum absolute atomic E-state index is 0. The molecule has 0 aliphatic heterocycles. The zero-order valence-corrected chi connectivity index (χ0v) is 20.3. The molecule has 2 rings (SSSR count). The van der Waals surface area contributed by atoms with Crippen LogP contribution < -0.4 is 25.4 Å². The van der Waals surface area contributed by atoms with E-state index in [1.807, 2.05) is 49.4 Å². The fourth-order valence-corrected chi connectivity index (χ4v) is 2.79. The van der Waals surface area contributed by atoms with Crippen LogP contribution in [0.5, 0.6) is 11.5 Å². The molecular formula is C22H31IN4O3. The van der Waals surface area contributed by atoms with Crippen LogP contribution in [0.1, 0.15) is 30.9 Å². The van der Waals surface area contributed by atoms with Crippen molar-refractivity contribution in [3.63, 3.8) is 0 Å². The number of carbonyl (C=O) groups is 1. The van der Waals surface area contributed by atoms with Crippen LogP contribution in [0.4, 0.5) is 5.69 Å². The minimum Gasteiger partial charge on any atom is -0.497 e. The first kappa shape index (κ1) is 25.5. The second-order valence-electron chi connectivity index (χ2n) is 6.46. The molecule has 7 nitrogen and oxygen atoms in total. The van der Waals surface area contributed by atoms with Crippen molar-refractivity contribution >= 4 is 41.5 Å². The molecule has 0 aromatic heterocycles. The molecule has 0 fully saturated rings. The van der Waals surface area contributed by atoms with Crippen LogP contribution in [0.2, 0.25) is 0 Å². The lowest BCUT2D eigenvalue weighted by molar-refractivity contribution is -0.116. The Labute approximate surface area is 195 Å². The van der Waals surface area contributed by atoms with Crippen molar-refractivity contribution in [3.8, 4) is 11.5 Å². The second kappa shape index (κ2) is 13.7. The van der Waals surface area contributed by atoms with Crippen molar-refractivity contribution in [2.75, 3.05) is 26.6 Å². The molecule has 0 saturated heterocycles. The van der Waals surface area contributed by atoms with Gasteiger partial charge in [-0.2, -0.15) is 0 Å². The minimum atomic E-state index is 0. The van der Waals surface area contributed by atoms with E-state index in [4.69, 9.17) is 9.47 Å². The van der Waals surface area contributed by atoms with Gasteiger partial charge in [-0.25, -0.2) is 0 Å². The first-order valence-corrected chi connectivity index (χ1v) is 9.63. The zero-order chi connectivity index (χ0) is 21.1. The lowest BCUT2D eigenvalue weighted by atomic mass is 10.2. The fraction of sp³-hybridized carbons (Fsp3) is 0.364. The van der Waals surface area contributed by atoms with E-state index in [9.17, 15) is 4.79 Å². The summed E-state index contributed by atoms with van der Waals surface area (Å²) >= 11 is 0. The van der Waals surface area contributed by atoms with Gasteiger partial charge >= 0.3 is 0 Å². The molecule has 30 heavy (non-hydrogen) atoms. The quantitative estimate of drug-likeness (QED) is 0.262. The summed E-state index contributed by atoms with van der Waals surface area (Å²) in [5, 5.41) is 9.48. The van der Waals surface area contributed by atoms with Crippen molar-refractivity contribution < 1.29 is 14.3 Å². The summed E-state index contributed by atoms with van der Waals surface area (Å²) in [5.74, 6) is 2.20. The summed E-state index contributed by atoms with van der Waals surface area (Å²) in [6.45, 7) is 3.12. The number of rotatable bonds is 9. The fourth-order valence-electron chi connectivity index (χ4n) is 2.79. The molecule has 3 N–H and O–H groups in total. The van der Waals surface area contributed by atoms with Crippen molar-refractivity contribution in [3.05, 3.63) is 53.6 Å². The van der Waals surface area contributed by atoms with Gasteiger partial charge in [0, 0.05) is 43.9 Å². The Kier molecular flexibility index (Phi) is 11.7. The SMILES string of the molecule is CCCC(=O)Nc1cccc(CNC(=NC)NCc2ccc(OC)cc2OC)c1.I. The Morgan fingerprint density at radius 1 is 1.03 bits per heavy atom. The van der Waals surface area contributed by atoms with E-state index >= 15 is 0 Å². The molecule has 0 bridgehead atoms. The number of hydrogen-bond donors (Lipinski definition) is 3. The molecule has 0 saturated carbocycles. The van der Waals surface area contributed by atoms with E-state index in [1.54, 1.807) is 21.3 Å². The van der Waals surface area contributed by atoms with E-state index in [1.165, 1.54) is 0 Å². The number of nitrogens with one attached hydrogen (secondary N) is 3. The Morgan fingerprint density at radius 2 is 1.80 bits per heavy atom. The Balaban J connectivity index is 0.00000450. The Bertz CT molecular complexity index is 843. The van der Waals surface area contributed by atoms with Gasteiger partial charge in [0.25, 0.3) is 0 Å². The van der Waals surface area contributed by atoms with Crippen LogP contribution in [0.3, 0.4) is 0 Å². The lowest BCUT2D eigenvalue weighted by Gasteiger charge is -2.15. The number of carbonyl (C=O) groups excluding carboxylic acids is 1. The van der Waals surface area contributed by atoms with Crippen LogP contribution in [0, 0.1) is 0 Å². The van der Waals surface area contributed by atoms with Crippen LogP contribution in [-0.4, -0.2) is 33.1 Å². The average molecular weight is 526 g/mol. The highest BCUT2D eigenvalue weighted by atomic mass is 127. The Morgan fingerprint density at radius 3 is 2.47 bits per heavy atom. The second-order valence-corrected chi connectivity index (χ2v) is 6.46. The zero-order valence-electron chi connectivity index (χ0n) is 18.0. The van der Waals surface area contributed by atoms with E-state index in [0.717, 1.165) is 34.7 Å². The standard InChI is InChI=1S/C22H30N4O3.HI/c1-5-7-21(27)26-18-9-6-8-16(12-18)14-24-22(23-2)25-15-17-10-11-19(28-3)13-20(17)29-4;/h6,8-13H,5,7,14-15H2,1-4H3,(H,26,27)(H2,23,24,25);1H. The average Bonchev–Trinajstić information content (AvgIpc) is 2.74. The summed E-state index contributed by atoms with van der Waals surface area (Å²) in [6, 6.07) is 13.5. The summed E-state index contributed by atoms with van der Waals surface area (Å²) in [6.07, 6.45) is 1.35. The number of halogens is 1. The van der Waals surface area contributed by atoms with Gasteiger partial charge in [0.15, 0.2) is 5.96 Å². The van der Waals surface area contributed by atoms with Crippen molar-refractivity contribution in [1.82, 2.24) is 10.6 Å². The number of guanidine groups is 1. The van der Waals surface area contributed by atoms with Crippen LogP contribution in [0.15, 0.2) is 47.5 Å². The monoisotopic (exact) mass is 526 g/mol. The number of nitrogens with zero attached hydrogens (tertiary/aromatic N) is 1. The first-order valence-electron chi connectivity index (χ1n) is 9.63. The third-order valence-electron chi connectivity index (χ3n) is 4.31. The molecule has 2 aromatic rings. The Hall–Kier alpha value is -2.49. The summed E-state index contributed by atoms with van der Waals surface area (Å²) < 4.78 is 10.7. The van der Waals surface area contributed by atoms with Gasteiger partial charge in [-0.05, 0) is 36.2 Å². The molecule has 2 aromatic carbocycles. The number of ether oxygens (including phenoxy) is 2. The number of methoxy groups -OCH3 is 2. The summed E-state index contributed by atoms with van der Waals surface area (Å²) in [5.41, 5.74) is 2.84. The van der Waals surface area contributed by atoms with Crippen molar-refractivity contribution in [1.29, 1.82) is 0 Å². The molecule has 0 aliphatic rings. The number of hydrogen-bond acceptors (Lipinski definition) is 4. The molecule has 8 heteroatoms. The van der Waals surface area contributed by atoms with Gasteiger partial charge in [0.1, 0.15) is 11.5 Å². The third-order valence-corrected chi connectivity index (χ3v) is 4.31. The summed E-state index contributed by atoms with van der Waals surface area (Å²) in [7, 11) is 4.99.